The Balaban J connectivity index is 1.49. The van der Waals surface area contributed by atoms with Gasteiger partial charge in [0, 0.05) is 50.8 Å². The van der Waals surface area contributed by atoms with Gasteiger partial charge < -0.3 is 20.2 Å². The maximum Gasteiger partial charge on any atom is 0.246 e. The average Bonchev–Trinajstić information content (AvgIpc) is 2.92. The van der Waals surface area contributed by atoms with Crippen molar-refractivity contribution in [2.24, 2.45) is 0 Å². The van der Waals surface area contributed by atoms with Crippen LogP contribution in [0.1, 0.15) is 44.6 Å². The van der Waals surface area contributed by atoms with Gasteiger partial charge in [0.25, 0.3) is 0 Å². The van der Waals surface area contributed by atoms with E-state index < -0.39 is 0 Å². The number of nitrogens with one attached hydrogen (secondary N) is 1. The summed E-state index contributed by atoms with van der Waals surface area (Å²) < 4.78 is 0. The second kappa shape index (κ2) is 11.3. The second-order valence-electron chi connectivity index (χ2n) is 8.50. The molecule has 2 amide bonds. The van der Waals surface area contributed by atoms with Crippen molar-refractivity contribution in [3.05, 3.63) is 39.9 Å². The SMILES string of the molecule is CC(CN1CCN(C(=O)C=Cc2ccc(Cl)c(Cl)c2)CCC1=O)NC1CCC(O)CC1. The van der Waals surface area contributed by atoms with Crippen molar-refractivity contribution in [3.8, 4) is 0 Å². The third kappa shape index (κ3) is 7.21. The average molecular weight is 468 g/mol. The summed E-state index contributed by atoms with van der Waals surface area (Å²) >= 11 is 11.9. The van der Waals surface area contributed by atoms with Gasteiger partial charge >= 0.3 is 0 Å². The van der Waals surface area contributed by atoms with E-state index in [4.69, 9.17) is 23.2 Å². The first-order chi connectivity index (χ1) is 14.8. The number of amides is 2. The number of benzene rings is 1. The summed E-state index contributed by atoms with van der Waals surface area (Å²) in [6.07, 6.45) is 6.98. The number of halogens is 2. The number of carbonyl (C=O) groups excluding carboxylic acids is 2. The number of rotatable bonds is 6. The monoisotopic (exact) mass is 467 g/mol. The van der Waals surface area contributed by atoms with E-state index in [-0.39, 0.29) is 24.0 Å². The first-order valence-electron chi connectivity index (χ1n) is 11.0. The minimum Gasteiger partial charge on any atom is -0.393 e. The molecule has 1 unspecified atom stereocenters. The van der Waals surface area contributed by atoms with Crippen molar-refractivity contribution in [2.45, 2.75) is 57.2 Å². The highest BCUT2D eigenvalue weighted by Gasteiger charge is 2.26. The van der Waals surface area contributed by atoms with Gasteiger partial charge in [0.2, 0.25) is 11.8 Å². The van der Waals surface area contributed by atoms with Gasteiger partial charge in [-0.1, -0.05) is 29.3 Å². The van der Waals surface area contributed by atoms with Gasteiger partial charge in [-0.25, -0.2) is 0 Å². The smallest absolute Gasteiger partial charge is 0.246 e. The standard InChI is InChI=1S/C23H31Cl2N3O3/c1-16(26-18-4-6-19(29)7-5-18)15-28-13-12-27(11-10-23(28)31)22(30)9-3-17-2-8-20(24)21(25)14-17/h2-3,8-9,14,16,18-19,26,29H,4-7,10-13,15H2,1H3. The quantitative estimate of drug-likeness (QED) is 0.629. The molecule has 0 spiro atoms. The predicted octanol–water partition coefficient (Wildman–Crippen LogP) is 3.35. The van der Waals surface area contributed by atoms with E-state index >= 15 is 0 Å². The van der Waals surface area contributed by atoms with Crippen LogP contribution in [0.5, 0.6) is 0 Å². The Morgan fingerprint density at radius 2 is 1.94 bits per heavy atom. The second-order valence-corrected chi connectivity index (χ2v) is 9.31. The summed E-state index contributed by atoms with van der Waals surface area (Å²) in [5, 5.41) is 14.2. The molecule has 0 bridgehead atoms. The molecule has 1 aliphatic carbocycles. The summed E-state index contributed by atoms with van der Waals surface area (Å²) in [5.74, 6) is -0.0378. The third-order valence-corrected chi connectivity index (χ3v) is 6.71. The zero-order valence-electron chi connectivity index (χ0n) is 17.9. The van der Waals surface area contributed by atoms with E-state index in [1.165, 1.54) is 6.08 Å². The summed E-state index contributed by atoms with van der Waals surface area (Å²) in [6.45, 7) is 4.17. The highest BCUT2D eigenvalue weighted by molar-refractivity contribution is 6.42. The minimum absolute atomic E-state index is 0.0801. The normalized spacial score (nSPS) is 23.8. The van der Waals surface area contributed by atoms with E-state index in [1.54, 1.807) is 29.2 Å². The van der Waals surface area contributed by atoms with Crippen LogP contribution in [-0.2, 0) is 9.59 Å². The highest BCUT2D eigenvalue weighted by Crippen LogP contribution is 2.23. The van der Waals surface area contributed by atoms with Crippen molar-refractivity contribution < 1.29 is 14.7 Å². The topological polar surface area (TPSA) is 72.9 Å². The van der Waals surface area contributed by atoms with E-state index in [2.05, 4.69) is 12.2 Å². The molecule has 1 aromatic carbocycles. The molecule has 6 nitrogen and oxygen atoms in total. The Kier molecular flexibility index (Phi) is 8.78. The number of hydrogen-bond donors (Lipinski definition) is 2. The molecule has 1 saturated heterocycles. The lowest BCUT2D eigenvalue weighted by Crippen LogP contribution is -2.47. The van der Waals surface area contributed by atoms with E-state index in [0.717, 1.165) is 31.2 Å². The van der Waals surface area contributed by atoms with Crippen LogP contribution in [0.25, 0.3) is 6.08 Å². The first-order valence-corrected chi connectivity index (χ1v) is 11.7. The van der Waals surface area contributed by atoms with Gasteiger partial charge in [-0.2, -0.15) is 0 Å². The largest absolute Gasteiger partial charge is 0.393 e. The molecular formula is C23H31Cl2N3O3. The molecular weight excluding hydrogens is 437 g/mol. The zero-order chi connectivity index (χ0) is 22.4. The lowest BCUT2D eigenvalue weighted by molar-refractivity contribution is -0.130. The van der Waals surface area contributed by atoms with Crippen LogP contribution in [0.3, 0.4) is 0 Å². The molecule has 1 atom stereocenters. The van der Waals surface area contributed by atoms with Crippen LogP contribution in [0.4, 0.5) is 0 Å². The Morgan fingerprint density at radius 3 is 2.65 bits per heavy atom. The number of aliphatic hydroxyl groups excluding tert-OH is 1. The lowest BCUT2D eigenvalue weighted by atomic mass is 9.92. The summed E-state index contributed by atoms with van der Waals surface area (Å²) in [7, 11) is 0. The van der Waals surface area contributed by atoms with Crippen LogP contribution < -0.4 is 5.32 Å². The fraction of sp³-hybridized carbons (Fsp3) is 0.565. The van der Waals surface area contributed by atoms with E-state index in [9.17, 15) is 14.7 Å². The number of nitrogens with zero attached hydrogens (tertiary/aromatic N) is 2. The summed E-state index contributed by atoms with van der Waals surface area (Å²) in [6, 6.07) is 5.77. The molecule has 0 aromatic heterocycles. The van der Waals surface area contributed by atoms with Crippen LogP contribution in [0.2, 0.25) is 10.0 Å². The van der Waals surface area contributed by atoms with Crippen LogP contribution >= 0.6 is 23.2 Å². The summed E-state index contributed by atoms with van der Waals surface area (Å²) in [4.78, 5) is 28.8. The Bertz CT molecular complexity index is 809. The molecule has 1 heterocycles. The molecule has 31 heavy (non-hydrogen) atoms. The third-order valence-electron chi connectivity index (χ3n) is 5.97. The zero-order valence-corrected chi connectivity index (χ0v) is 19.4. The van der Waals surface area contributed by atoms with E-state index in [0.29, 0.717) is 48.7 Å². The van der Waals surface area contributed by atoms with Crippen LogP contribution in [-0.4, -0.2) is 71.1 Å². The molecule has 1 aliphatic heterocycles. The van der Waals surface area contributed by atoms with Crippen LogP contribution in [0, 0.1) is 0 Å². The van der Waals surface area contributed by atoms with Crippen molar-refractivity contribution in [1.82, 2.24) is 15.1 Å². The number of hydrogen-bond acceptors (Lipinski definition) is 4. The maximum atomic E-state index is 12.6. The van der Waals surface area contributed by atoms with Crippen LogP contribution in [0.15, 0.2) is 24.3 Å². The van der Waals surface area contributed by atoms with E-state index in [1.807, 2.05) is 4.90 Å². The van der Waals surface area contributed by atoms with Gasteiger partial charge in [-0.3, -0.25) is 9.59 Å². The van der Waals surface area contributed by atoms with Gasteiger partial charge in [0.15, 0.2) is 0 Å². The Hall–Kier alpha value is -1.60. The number of carbonyl (C=O) groups is 2. The van der Waals surface area contributed by atoms with Crippen molar-refractivity contribution >= 4 is 41.1 Å². The molecule has 170 valence electrons. The van der Waals surface area contributed by atoms with Crippen molar-refractivity contribution in [1.29, 1.82) is 0 Å². The molecule has 2 aliphatic rings. The molecule has 2 N–H and O–H groups in total. The first kappa shape index (κ1) is 24.1. The Morgan fingerprint density at radius 1 is 1.19 bits per heavy atom. The van der Waals surface area contributed by atoms with Gasteiger partial charge in [0.1, 0.15) is 0 Å². The Labute approximate surface area is 194 Å². The predicted molar refractivity (Wildman–Crippen MR) is 124 cm³/mol. The molecule has 1 saturated carbocycles. The number of aliphatic hydroxyl groups is 1. The molecule has 1 aromatic rings. The fourth-order valence-electron chi connectivity index (χ4n) is 4.20. The maximum absolute atomic E-state index is 12.6. The minimum atomic E-state index is -0.171. The molecule has 2 fully saturated rings. The van der Waals surface area contributed by atoms with Crippen molar-refractivity contribution in [3.63, 3.8) is 0 Å². The fourth-order valence-corrected chi connectivity index (χ4v) is 4.50. The van der Waals surface area contributed by atoms with Gasteiger partial charge in [-0.05, 0) is 56.4 Å². The molecule has 3 rings (SSSR count). The lowest BCUT2D eigenvalue weighted by Gasteiger charge is -2.31. The van der Waals surface area contributed by atoms with Crippen molar-refractivity contribution in [2.75, 3.05) is 26.2 Å². The van der Waals surface area contributed by atoms with Gasteiger partial charge in [-0.15, -0.1) is 0 Å². The highest BCUT2D eigenvalue weighted by atomic mass is 35.5. The van der Waals surface area contributed by atoms with Gasteiger partial charge in [0.05, 0.1) is 16.1 Å². The molecule has 8 heteroatoms. The molecule has 0 radical (unpaired) electrons. The summed E-state index contributed by atoms with van der Waals surface area (Å²) in [5.41, 5.74) is 0.797.